The second kappa shape index (κ2) is 11.8. The highest BCUT2D eigenvalue weighted by Crippen LogP contribution is 2.63. The van der Waals surface area contributed by atoms with Gasteiger partial charge in [-0.15, -0.1) is 0 Å². The number of furan rings is 1. The van der Waals surface area contributed by atoms with Gasteiger partial charge >= 0.3 is 0 Å². The minimum Gasteiger partial charge on any atom is -0.455 e. The lowest BCUT2D eigenvalue weighted by atomic mass is 9.70. The van der Waals surface area contributed by atoms with Gasteiger partial charge in [0.15, 0.2) is 17.5 Å². The first-order chi connectivity index (χ1) is 27.8. The molecular weight excluding hydrogens is 683 g/mol. The zero-order valence-electron chi connectivity index (χ0n) is 30.1. The van der Waals surface area contributed by atoms with Crippen LogP contribution in [0.1, 0.15) is 22.3 Å². The predicted octanol–water partition coefficient (Wildman–Crippen LogP) is 12.8. The number of hydrogen-bond donors (Lipinski definition) is 0. The van der Waals surface area contributed by atoms with E-state index < -0.39 is 5.41 Å². The molecular formula is C52H31N3O. The number of benzene rings is 8. The molecule has 2 aliphatic carbocycles. The Bertz CT molecular complexity index is 3080. The van der Waals surface area contributed by atoms with Crippen molar-refractivity contribution in [1.82, 2.24) is 15.0 Å². The highest BCUT2D eigenvalue weighted by molar-refractivity contribution is 6.13. The Morgan fingerprint density at radius 3 is 1.29 bits per heavy atom. The number of fused-ring (bicyclic) bond motifs is 13. The van der Waals surface area contributed by atoms with Crippen LogP contribution in [0, 0.1) is 0 Å². The average Bonchev–Trinajstić information content (AvgIpc) is 3.91. The van der Waals surface area contributed by atoms with Crippen molar-refractivity contribution in [2.45, 2.75) is 5.41 Å². The molecule has 0 saturated carbocycles. The van der Waals surface area contributed by atoms with Crippen molar-refractivity contribution in [2.75, 3.05) is 0 Å². The van der Waals surface area contributed by atoms with Crippen LogP contribution in [0.3, 0.4) is 0 Å². The van der Waals surface area contributed by atoms with Crippen LogP contribution in [-0.2, 0) is 5.41 Å². The lowest BCUT2D eigenvalue weighted by molar-refractivity contribution is 0.670. The summed E-state index contributed by atoms with van der Waals surface area (Å²) in [5.74, 6) is 1.80. The Labute approximate surface area is 323 Å². The molecule has 10 aromatic rings. The molecule has 2 aliphatic rings. The molecule has 0 unspecified atom stereocenters. The Morgan fingerprint density at radius 1 is 0.304 bits per heavy atom. The summed E-state index contributed by atoms with van der Waals surface area (Å²) < 4.78 is 7.03. The summed E-state index contributed by atoms with van der Waals surface area (Å²) in [5, 5.41) is 2.07. The first kappa shape index (κ1) is 31.0. The summed E-state index contributed by atoms with van der Waals surface area (Å²) in [7, 11) is 0. The fourth-order valence-corrected chi connectivity index (χ4v) is 9.42. The van der Waals surface area contributed by atoms with E-state index in [-0.39, 0.29) is 0 Å². The van der Waals surface area contributed by atoms with E-state index in [0.29, 0.717) is 17.5 Å². The van der Waals surface area contributed by atoms with Gasteiger partial charge in [0.1, 0.15) is 11.2 Å². The lowest BCUT2D eigenvalue weighted by Gasteiger charge is -2.30. The Hall–Kier alpha value is -7.43. The molecule has 0 N–H and O–H groups in total. The smallest absolute Gasteiger partial charge is 0.167 e. The zero-order chi connectivity index (χ0) is 36.8. The molecule has 0 fully saturated rings. The van der Waals surface area contributed by atoms with Gasteiger partial charge in [0.25, 0.3) is 0 Å². The number of rotatable bonds is 4. The van der Waals surface area contributed by atoms with E-state index in [1.807, 2.05) is 60.7 Å². The SMILES string of the molecule is c1ccc(-c2nc(-c3ccccc3)nc(-c3cccc4c3oc3c(-c5ccc6c(c5)C5(c7ccccc7-c7ccccc75)c5ccccc5-6)cccc34)n2)cc1. The molecule has 2 aromatic heterocycles. The van der Waals surface area contributed by atoms with Crippen molar-refractivity contribution in [1.29, 1.82) is 0 Å². The first-order valence-electron chi connectivity index (χ1n) is 19.0. The summed E-state index contributed by atoms with van der Waals surface area (Å²) >= 11 is 0. The van der Waals surface area contributed by atoms with Crippen LogP contribution < -0.4 is 0 Å². The summed E-state index contributed by atoms with van der Waals surface area (Å²) in [4.78, 5) is 15.0. The molecule has 0 saturated heterocycles. The summed E-state index contributed by atoms with van der Waals surface area (Å²) in [5.41, 5.74) is 16.5. The first-order valence-corrected chi connectivity index (χ1v) is 19.0. The van der Waals surface area contributed by atoms with E-state index in [1.165, 1.54) is 44.5 Å². The van der Waals surface area contributed by atoms with E-state index in [2.05, 4.69) is 127 Å². The predicted molar refractivity (Wildman–Crippen MR) is 225 cm³/mol. The fourth-order valence-electron chi connectivity index (χ4n) is 9.42. The molecule has 8 aromatic carbocycles. The standard InChI is InChI=1S/C52H31N3O/c1-3-15-32(16-4-1)49-53-50(33-17-5-2-6-18-33)55-51(54-49)42-25-14-24-41-40-23-13-22-35(47(40)56-48(41)42)34-29-30-39-38-21-9-12-28-45(38)52(46(39)31-34)43-26-10-7-19-36(43)37-20-8-11-27-44(37)52/h1-31H. The van der Waals surface area contributed by atoms with Crippen molar-refractivity contribution in [3.05, 3.63) is 210 Å². The second-order valence-electron chi connectivity index (χ2n) is 14.7. The molecule has 2 heterocycles. The van der Waals surface area contributed by atoms with Crippen molar-refractivity contribution in [3.63, 3.8) is 0 Å². The number of aromatic nitrogens is 3. The quantitative estimate of drug-likeness (QED) is 0.182. The van der Waals surface area contributed by atoms with E-state index in [1.54, 1.807) is 0 Å². The molecule has 0 atom stereocenters. The van der Waals surface area contributed by atoms with Gasteiger partial charge in [-0.3, -0.25) is 0 Å². The summed E-state index contributed by atoms with van der Waals surface area (Å²) in [6, 6.07) is 66.7. The van der Waals surface area contributed by atoms with Crippen LogP contribution in [0.4, 0.5) is 0 Å². The van der Waals surface area contributed by atoms with Gasteiger partial charge in [-0.1, -0.05) is 176 Å². The van der Waals surface area contributed by atoms with Crippen molar-refractivity contribution in [3.8, 4) is 67.5 Å². The normalized spacial score (nSPS) is 13.1. The van der Waals surface area contributed by atoms with Crippen LogP contribution in [-0.4, -0.2) is 15.0 Å². The molecule has 0 bridgehead atoms. The number of para-hydroxylation sites is 2. The maximum Gasteiger partial charge on any atom is 0.167 e. The maximum atomic E-state index is 7.03. The largest absolute Gasteiger partial charge is 0.455 e. The second-order valence-corrected chi connectivity index (χ2v) is 14.7. The molecule has 4 heteroatoms. The van der Waals surface area contributed by atoms with Crippen LogP contribution in [0.25, 0.3) is 89.5 Å². The van der Waals surface area contributed by atoms with E-state index in [0.717, 1.165) is 49.8 Å². The van der Waals surface area contributed by atoms with Gasteiger partial charge in [-0.25, -0.2) is 15.0 Å². The maximum absolute atomic E-state index is 7.03. The molecule has 12 rings (SSSR count). The topological polar surface area (TPSA) is 51.8 Å². The summed E-state index contributed by atoms with van der Waals surface area (Å²) in [6.45, 7) is 0. The highest BCUT2D eigenvalue weighted by Gasteiger charge is 2.51. The molecule has 260 valence electrons. The van der Waals surface area contributed by atoms with Crippen molar-refractivity contribution >= 4 is 21.9 Å². The highest BCUT2D eigenvalue weighted by atomic mass is 16.3. The van der Waals surface area contributed by atoms with E-state index in [9.17, 15) is 0 Å². The molecule has 0 radical (unpaired) electrons. The lowest BCUT2D eigenvalue weighted by Crippen LogP contribution is -2.25. The Kier molecular flexibility index (Phi) is 6.52. The fraction of sp³-hybridized carbons (Fsp3) is 0.0192. The van der Waals surface area contributed by atoms with Gasteiger partial charge in [-0.05, 0) is 62.2 Å². The minimum absolute atomic E-state index is 0.421. The average molecular weight is 714 g/mol. The van der Waals surface area contributed by atoms with Gasteiger partial charge in [0.2, 0.25) is 0 Å². The monoisotopic (exact) mass is 713 g/mol. The van der Waals surface area contributed by atoms with Crippen molar-refractivity contribution in [2.24, 2.45) is 0 Å². The van der Waals surface area contributed by atoms with Crippen LogP contribution in [0.5, 0.6) is 0 Å². The van der Waals surface area contributed by atoms with Crippen LogP contribution in [0.2, 0.25) is 0 Å². The minimum atomic E-state index is -0.421. The van der Waals surface area contributed by atoms with Gasteiger partial charge in [0, 0.05) is 27.5 Å². The zero-order valence-corrected chi connectivity index (χ0v) is 30.1. The van der Waals surface area contributed by atoms with Gasteiger partial charge in [0.05, 0.1) is 11.0 Å². The molecule has 0 aliphatic heterocycles. The number of nitrogens with zero attached hydrogens (tertiary/aromatic N) is 3. The van der Waals surface area contributed by atoms with Crippen LogP contribution in [0.15, 0.2) is 192 Å². The third-order valence-corrected chi connectivity index (χ3v) is 11.8. The van der Waals surface area contributed by atoms with E-state index in [4.69, 9.17) is 19.4 Å². The molecule has 0 amide bonds. The van der Waals surface area contributed by atoms with Gasteiger partial charge in [-0.2, -0.15) is 0 Å². The van der Waals surface area contributed by atoms with Gasteiger partial charge < -0.3 is 4.42 Å². The Balaban J connectivity index is 1.07. The Morgan fingerprint density at radius 2 is 0.732 bits per heavy atom. The third-order valence-electron chi connectivity index (χ3n) is 11.8. The molecule has 1 spiro atoms. The molecule has 4 nitrogen and oxygen atoms in total. The van der Waals surface area contributed by atoms with Crippen LogP contribution >= 0.6 is 0 Å². The van der Waals surface area contributed by atoms with Crippen molar-refractivity contribution < 1.29 is 4.42 Å². The summed E-state index contributed by atoms with van der Waals surface area (Å²) in [6.07, 6.45) is 0. The number of hydrogen-bond acceptors (Lipinski definition) is 4. The molecule has 56 heavy (non-hydrogen) atoms. The third kappa shape index (κ3) is 4.27. The van der Waals surface area contributed by atoms with E-state index >= 15 is 0 Å².